The molecule has 6 heteroatoms. The van der Waals surface area contributed by atoms with Crippen molar-refractivity contribution in [2.45, 2.75) is 12.0 Å². The summed E-state index contributed by atoms with van der Waals surface area (Å²) in [5.41, 5.74) is 9.09. The number of carbonyl (C=O) groups is 1. The topological polar surface area (TPSA) is 78.6 Å². The van der Waals surface area contributed by atoms with Crippen molar-refractivity contribution in [2.75, 3.05) is 16.8 Å². The van der Waals surface area contributed by atoms with E-state index in [-0.39, 0.29) is 29.5 Å². The van der Waals surface area contributed by atoms with Crippen LogP contribution in [0.1, 0.15) is 11.5 Å². The van der Waals surface area contributed by atoms with E-state index in [0.717, 1.165) is 33.1 Å². The molecule has 1 amide bonds. The predicted molar refractivity (Wildman–Crippen MR) is 114 cm³/mol. The van der Waals surface area contributed by atoms with Crippen molar-refractivity contribution in [1.82, 2.24) is 5.32 Å². The summed E-state index contributed by atoms with van der Waals surface area (Å²) in [7, 11) is 0. The van der Waals surface area contributed by atoms with E-state index in [1.165, 1.54) is 0 Å². The number of hydrogen-bond acceptors (Lipinski definition) is 4. The number of halogens is 1. The standard InChI is InChI=1S/C22H20BrN3O2/c23-10-13-11-26(19-9-20(27)15-3-1-2-4-16(15)21(13)19)22(28)18-8-12-7-14(24)5-6-17(12)25-18/h1-9,12-13,17,25,27H,10-11,24H2/t12?,13-,17?/m1/s1. The predicted octanol–water partition coefficient (Wildman–Crippen LogP) is 3.25. The fourth-order valence-corrected chi connectivity index (χ4v) is 4.99. The minimum Gasteiger partial charge on any atom is -0.507 e. The number of fused-ring (bicyclic) bond motifs is 4. The summed E-state index contributed by atoms with van der Waals surface area (Å²) in [5.74, 6) is 0.379. The van der Waals surface area contributed by atoms with Gasteiger partial charge in [-0.05, 0) is 23.1 Å². The number of alkyl halides is 1. The van der Waals surface area contributed by atoms with Crippen molar-refractivity contribution in [1.29, 1.82) is 0 Å². The maximum absolute atomic E-state index is 13.4. The number of rotatable bonds is 2. The molecule has 1 aliphatic carbocycles. The first-order valence-electron chi connectivity index (χ1n) is 9.33. The van der Waals surface area contributed by atoms with Crippen LogP contribution in [0.4, 0.5) is 5.69 Å². The van der Waals surface area contributed by atoms with Gasteiger partial charge in [0.2, 0.25) is 0 Å². The molecule has 2 aromatic carbocycles. The van der Waals surface area contributed by atoms with Crippen LogP contribution in [0.25, 0.3) is 10.8 Å². The molecule has 0 saturated heterocycles. The lowest BCUT2D eigenvalue weighted by atomic mass is 9.95. The second-order valence-electron chi connectivity index (χ2n) is 7.49. The highest BCUT2D eigenvalue weighted by Gasteiger charge is 2.38. The minimum absolute atomic E-state index is 0.0605. The molecule has 4 N–H and O–H groups in total. The normalized spacial score (nSPS) is 25.2. The Hall–Kier alpha value is -2.73. The number of hydrogen-bond donors (Lipinski definition) is 3. The van der Waals surface area contributed by atoms with Crippen LogP contribution in [-0.4, -0.2) is 28.9 Å². The largest absolute Gasteiger partial charge is 0.507 e. The number of aromatic hydroxyl groups is 1. The van der Waals surface area contributed by atoms with Gasteiger partial charge in [0, 0.05) is 40.9 Å². The maximum atomic E-state index is 13.4. The summed E-state index contributed by atoms with van der Waals surface area (Å²) in [6.07, 6.45) is 7.78. The van der Waals surface area contributed by atoms with Crippen LogP contribution < -0.4 is 16.0 Å². The van der Waals surface area contributed by atoms with Crippen LogP contribution in [0.3, 0.4) is 0 Å². The summed E-state index contributed by atoms with van der Waals surface area (Å²) in [4.78, 5) is 15.1. The zero-order valence-corrected chi connectivity index (χ0v) is 16.7. The van der Waals surface area contributed by atoms with E-state index in [1.54, 1.807) is 11.0 Å². The Bertz CT molecular complexity index is 1090. The molecule has 0 spiro atoms. The molecular weight excluding hydrogens is 418 g/mol. The average molecular weight is 438 g/mol. The molecule has 5 nitrogen and oxygen atoms in total. The van der Waals surface area contributed by atoms with Gasteiger partial charge < -0.3 is 21.1 Å². The third kappa shape index (κ3) is 2.55. The summed E-state index contributed by atoms with van der Waals surface area (Å²) in [6, 6.07) is 9.58. The number of nitrogens with zero attached hydrogens (tertiary/aromatic N) is 1. The number of anilines is 1. The Morgan fingerprint density at radius 1 is 1.29 bits per heavy atom. The molecule has 3 atom stereocenters. The van der Waals surface area contributed by atoms with Crippen LogP contribution in [-0.2, 0) is 4.79 Å². The Morgan fingerprint density at radius 3 is 2.86 bits per heavy atom. The number of phenols is 1. The lowest BCUT2D eigenvalue weighted by Gasteiger charge is -2.21. The SMILES string of the molecule is NC1=CC2C=C(C(=O)N3C[C@@H](CBr)c4c3cc(O)c3ccccc43)NC2C=C1. The van der Waals surface area contributed by atoms with Gasteiger partial charge >= 0.3 is 0 Å². The first-order valence-corrected chi connectivity index (χ1v) is 10.4. The van der Waals surface area contributed by atoms with Crippen LogP contribution in [0.15, 0.2) is 66.0 Å². The van der Waals surface area contributed by atoms with Crippen molar-refractivity contribution in [3.05, 3.63) is 71.6 Å². The van der Waals surface area contributed by atoms with Crippen LogP contribution in [0.5, 0.6) is 5.75 Å². The Labute approximate surface area is 171 Å². The van der Waals surface area contributed by atoms with Crippen molar-refractivity contribution < 1.29 is 9.90 Å². The van der Waals surface area contributed by atoms with E-state index in [4.69, 9.17) is 5.73 Å². The van der Waals surface area contributed by atoms with Gasteiger partial charge in [-0.3, -0.25) is 4.79 Å². The first-order chi connectivity index (χ1) is 13.6. The van der Waals surface area contributed by atoms with E-state index in [0.29, 0.717) is 12.2 Å². The third-order valence-corrected chi connectivity index (χ3v) is 6.56. The summed E-state index contributed by atoms with van der Waals surface area (Å²) in [6.45, 7) is 0.578. The molecule has 0 aromatic heterocycles. The monoisotopic (exact) mass is 437 g/mol. The fraction of sp³-hybridized carbons (Fsp3) is 0.227. The number of benzene rings is 2. The molecule has 3 aliphatic rings. The Balaban J connectivity index is 1.56. The van der Waals surface area contributed by atoms with Gasteiger partial charge in [0.1, 0.15) is 5.75 Å². The average Bonchev–Trinajstić information content (AvgIpc) is 3.28. The van der Waals surface area contributed by atoms with Crippen LogP contribution in [0, 0.1) is 5.92 Å². The first kappa shape index (κ1) is 17.4. The quantitative estimate of drug-likeness (QED) is 0.630. The molecular formula is C22H20BrN3O2. The molecule has 2 unspecified atom stereocenters. The van der Waals surface area contributed by atoms with Crippen molar-refractivity contribution >= 4 is 38.3 Å². The molecule has 28 heavy (non-hydrogen) atoms. The van der Waals surface area contributed by atoms with E-state index >= 15 is 0 Å². The van der Waals surface area contributed by atoms with Gasteiger partial charge in [-0.2, -0.15) is 0 Å². The molecule has 2 aliphatic heterocycles. The van der Waals surface area contributed by atoms with Crippen LogP contribution in [0.2, 0.25) is 0 Å². The highest BCUT2D eigenvalue weighted by atomic mass is 79.9. The van der Waals surface area contributed by atoms with E-state index < -0.39 is 0 Å². The van der Waals surface area contributed by atoms with Gasteiger partial charge in [-0.15, -0.1) is 0 Å². The van der Waals surface area contributed by atoms with Crippen molar-refractivity contribution in [3.8, 4) is 5.75 Å². The number of allylic oxidation sites excluding steroid dienone is 1. The number of amides is 1. The molecule has 0 bridgehead atoms. The second-order valence-corrected chi connectivity index (χ2v) is 8.14. The molecule has 2 heterocycles. The zero-order valence-electron chi connectivity index (χ0n) is 15.1. The van der Waals surface area contributed by atoms with Gasteiger partial charge in [0.25, 0.3) is 5.91 Å². The van der Waals surface area contributed by atoms with Crippen molar-refractivity contribution in [2.24, 2.45) is 11.7 Å². The van der Waals surface area contributed by atoms with Crippen LogP contribution >= 0.6 is 15.9 Å². The molecule has 5 rings (SSSR count). The lowest BCUT2D eigenvalue weighted by molar-refractivity contribution is -0.115. The number of carbonyl (C=O) groups excluding carboxylic acids is 1. The number of phenolic OH excluding ortho intramolecular Hbond substituents is 1. The lowest BCUT2D eigenvalue weighted by Crippen LogP contribution is -2.37. The summed E-state index contributed by atoms with van der Waals surface area (Å²) < 4.78 is 0. The summed E-state index contributed by atoms with van der Waals surface area (Å²) >= 11 is 3.61. The maximum Gasteiger partial charge on any atom is 0.274 e. The second kappa shape index (κ2) is 6.41. The van der Waals surface area contributed by atoms with E-state index in [9.17, 15) is 9.90 Å². The Morgan fingerprint density at radius 2 is 2.07 bits per heavy atom. The molecule has 0 fully saturated rings. The van der Waals surface area contributed by atoms with Gasteiger partial charge in [0.15, 0.2) is 0 Å². The smallest absolute Gasteiger partial charge is 0.274 e. The van der Waals surface area contributed by atoms with E-state index in [1.807, 2.05) is 48.6 Å². The minimum atomic E-state index is -0.0749. The molecule has 0 saturated carbocycles. The highest BCUT2D eigenvalue weighted by Crippen LogP contribution is 2.45. The zero-order chi connectivity index (χ0) is 19.4. The third-order valence-electron chi connectivity index (χ3n) is 5.78. The van der Waals surface area contributed by atoms with Gasteiger partial charge in [0.05, 0.1) is 17.4 Å². The Kier molecular flexibility index (Phi) is 3.98. The number of nitrogens with one attached hydrogen (secondary N) is 1. The highest BCUT2D eigenvalue weighted by molar-refractivity contribution is 9.09. The van der Waals surface area contributed by atoms with Gasteiger partial charge in [-0.25, -0.2) is 0 Å². The molecule has 0 radical (unpaired) electrons. The molecule has 2 aromatic rings. The van der Waals surface area contributed by atoms with E-state index in [2.05, 4.69) is 21.2 Å². The molecule has 142 valence electrons. The fourth-order valence-electron chi connectivity index (χ4n) is 4.46. The number of nitrogens with two attached hydrogens (primary N) is 1. The summed E-state index contributed by atoms with van der Waals surface area (Å²) in [5, 5.41) is 16.4. The van der Waals surface area contributed by atoms with Gasteiger partial charge in [-0.1, -0.05) is 52.3 Å². The van der Waals surface area contributed by atoms with Crippen molar-refractivity contribution in [3.63, 3.8) is 0 Å².